The van der Waals surface area contributed by atoms with Crippen molar-refractivity contribution in [3.05, 3.63) is 23.8 Å². The maximum absolute atomic E-state index is 9.84. The molecule has 1 fully saturated rings. The van der Waals surface area contributed by atoms with Crippen LogP contribution in [0.4, 0.5) is 0 Å². The molecule has 0 unspecified atom stereocenters. The molecule has 0 bridgehead atoms. The van der Waals surface area contributed by atoms with E-state index >= 15 is 0 Å². The van der Waals surface area contributed by atoms with Crippen LogP contribution in [-0.2, 0) is 9.47 Å². The Morgan fingerprint density at radius 1 is 1.08 bits per heavy atom. The number of unbranched alkanes of at least 4 members (excludes halogenated alkanes) is 2. The molecule has 1 N–H and O–H groups in total. The van der Waals surface area contributed by atoms with E-state index in [4.69, 9.17) is 14.2 Å². The van der Waals surface area contributed by atoms with Crippen LogP contribution in [-0.4, -0.2) is 24.6 Å². The average Bonchev–Trinajstić information content (AvgIpc) is 2.60. The fourth-order valence-corrected chi connectivity index (χ4v) is 3.33. The third kappa shape index (κ3) is 4.64. The Morgan fingerprint density at radius 2 is 1.79 bits per heavy atom. The summed E-state index contributed by atoms with van der Waals surface area (Å²) in [5.74, 6) is 0.916. The third-order valence-corrected chi connectivity index (χ3v) is 4.86. The van der Waals surface area contributed by atoms with Gasteiger partial charge in [-0.3, -0.25) is 0 Å². The maximum atomic E-state index is 9.84. The zero-order valence-corrected chi connectivity index (χ0v) is 15.5. The lowest BCUT2D eigenvalue weighted by molar-refractivity contribution is -0.272. The van der Waals surface area contributed by atoms with Crippen molar-refractivity contribution in [3.8, 4) is 11.5 Å². The Labute approximate surface area is 146 Å². The smallest absolute Gasteiger partial charge is 0.160 e. The van der Waals surface area contributed by atoms with Crippen LogP contribution in [0.25, 0.3) is 0 Å². The molecule has 0 aliphatic carbocycles. The van der Waals surface area contributed by atoms with Gasteiger partial charge in [-0.1, -0.05) is 46.1 Å². The average molecular weight is 336 g/mol. The van der Waals surface area contributed by atoms with Gasteiger partial charge in [-0.2, -0.15) is 0 Å². The summed E-state index contributed by atoms with van der Waals surface area (Å²) in [7, 11) is 1.57. The summed E-state index contributed by atoms with van der Waals surface area (Å²) in [4.78, 5) is 0. The molecule has 0 radical (unpaired) electrons. The van der Waals surface area contributed by atoms with Gasteiger partial charge in [0.15, 0.2) is 17.8 Å². The van der Waals surface area contributed by atoms with Crippen LogP contribution < -0.4 is 4.74 Å². The van der Waals surface area contributed by atoms with Gasteiger partial charge in [-0.15, -0.1) is 0 Å². The first-order valence-corrected chi connectivity index (χ1v) is 9.28. The van der Waals surface area contributed by atoms with Crippen LogP contribution in [0.1, 0.15) is 71.0 Å². The van der Waals surface area contributed by atoms with E-state index in [1.807, 2.05) is 12.1 Å². The second-order valence-corrected chi connectivity index (χ2v) is 6.74. The van der Waals surface area contributed by atoms with E-state index < -0.39 is 0 Å². The van der Waals surface area contributed by atoms with E-state index in [1.54, 1.807) is 13.2 Å². The number of hydrogen-bond acceptors (Lipinski definition) is 4. The number of ether oxygens (including phenoxy) is 3. The number of phenolic OH excluding ortho intramolecular Hbond substituents is 1. The normalized spacial score (nSPS) is 27.2. The highest BCUT2D eigenvalue weighted by Crippen LogP contribution is 2.41. The molecule has 0 amide bonds. The van der Waals surface area contributed by atoms with E-state index in [0.29, 0.717) is 5.75 Å². The lowest BCUT2D eigenvalue weighted by atomic mass is 9.88. The van der Waals surface area contributed by atoms with E-state index in [2.05, 4.69) is 20.8 Å². The minimum absolute atomic E-state index is 0.0306. The molecule has 1 aromatic rings. The molecule has 0 aromatic heterocycles. The predicted octanol–water partition coefficient (Wildman–Crippen LogP) is 5.20. The maximum Gasteiger partial charge on any atom is 0.160 e. The molecule has 4 heteroatoms. The number of methoxy groups -OCH3 is 1. The van der Waals surface area contributed by atoms with Gasteiger partial charge in [0.05, 0.1) is 19.3 Å². The quantitative estimate of drug-likeness (QED) is 0.709. The molecule has 1 heterocycles. The van der Waals surface area contributed by atoms with Gasteiger partial charge < -0.3 is 19.3 Å². The molecule has 1 aliphatic heterocycles. The summed E-state index contributed by atoms with van der Waals surface area (Å²) in [6.45, 7) is 6.59. The molecule has 1 aromatic carbocycles. The Kier molecular flexibility index (Phi) is 7.38. The summed E-state index contributed by atoms with van der Waals surface area (Å²) in [6, 6.07) is 5.50. The van der Waals surface area contributed by atoms with Gasteiger partial charge in [-0.25, -0.2) is 0 Å². The van der Waals surface area contributed by atoms with Crippen molar-refractivity contribution >= 4 is 0 Å². The van der Waals surface area contributed by atoms with Crippen molar-refractivity contribution in [2.45, 2.75) is 77.8 Å². The number of rotatable bonds is 8. The zero-order chi connectivity index (χ0) is 17.5. The molecule has 0 saturated carbocycles. The van der Waals surface area contributed by atoms with E-state index in [1.165, 1.54) is 12.8 Å². The van der Waals surface area contributed by atoms with Gasteiger partial charge in [0.2, 0.25) is 0 Å². The molecular formula is C20H32O4. The monoisotopic (exact) mass is 336 g/mol. The zero-order valence-electron chi connectivity index (χ0n) is 15.5. The van der Waals surface area contributed by atoms with Crippen LogP contribution >= 0.6 is 0 Å². The second kappa shape index (κ2) is 9.28. The Balaban J connectivity index is 2.20. The number of benzene rings is 1. The highest BCUT2D eigenvalue weighted by atomic mass is 16.7. The first-order chi connectivity index (χ1) is 11.6. The van der Waals surface area contributed by atoms with Gasteiger partial charge in [-0.05, 0) is 37.0 Å². The highest BCUT2D eigenvalue weighted by molar-refractivity contribution is 5.42. The fraction of sp³-hybridized carbons (Fsp3) is 0.700. The fourth-order valence-electron chi connectivity index (χ4n) is 3.33. The molecule has 1 aliphatic rings. The molecule has 2 rings (SSSR count). The van der Waals surface area contributed by atoms with Crippen LogP contribution in [0, 0.1) is 5.92 Å². The SMILES string of the molecule is CCCC[C@@H]1O[C@H](CCCC)[C@H](C)[C@H](c2ccc(O)c(OC)c2)O1. The first kappa shape index (κ1) is 19.1. The van der Waals surface area contributed by atoms with Crippen molar-refractivity contribution in [2.24, 2.45) is 5.92 Å². The van der Waals surface area contributed by atoms with Crippen LogP contribution in [0.3, 0.4) is 0 Å². The van der Waals surface area contributed by atoms with Gasteiger partial charge in [0.1, 0.15) is 0 Å². The molecule has 4 atom stereocenters. The standard InChI is InChI=1S/C20H32O4/c1-5-7-9-17-14(3)20(24-19(23-17)10-8-6-2)15-11-12-16(21)18(13-15)22-4/h11-14,17,19-21H,5-10H2,1-4H3/t14-,17+,19+,20+/m0/s1. The molecule has 1 saturated heterocycles. The third-order valence-electron chi connectivity index (χ3n) is 4.86. The molecule has 4 nitrogen and oxygen atoms in total. The number of hydrogen-bond donors (Lipinski definition) is 1. The topological polar surface area (TPSA) is 47.9 Å². The number of aromatic hydroxyl groups is 1. The van der Waals surface area contributed by atoms with Crippen LogP contribution in [0.5, 0.6) is 11.5 Å². The molecule has 0 spiro atoms. The summed E-state index contributed by atoms with van der Waals surface area (Å²) in [5.41, 5.74) is 1.04. The summed E-state index contributed by atoms with van der Waals surface area (Å²) in [6.07, 6.45) is 6.61. The largest absolute Gasteiger partial charge is 0.504 e. The summed E-state index contributed by atoms with van der Waals surface area (Å²) >= 11 is 0. The van der Waals surface area contributed by atoms with Gasteiger partial charge >= 0.3 is 0 Å². The van der Waals surface area contributed by atoms with Gasteiger partial charge in [0.25, 0.3) is 0 Å². The Bertz CT molecular complexity index is 502. The van der Waals surface area contributed by atoms with Crippen LogP contribution in [0.2, 0.25) is 0 Å². The van der Waals surface area contributed by atoms with Crippen molar-refractivity contribution in [1.29, 1.82) is 0 Å². The van der Waals surface area contributed by atoms with Gasteiger partial charge in [0, 0.05) is 5.92 Å². The second-order valence-electron chi connectivity index (χ2n) is 6.74. The van der Waals surface area contributed by atoms with E-state index in [-0.39, 0.29) is 30.2 Å². The lowest BCUT2D eigenvalue weighted by Crippen LogP contribution is -2.40. The first-order valence-electron chi connectivity index (χ1n) is 9.28. The number of phenols is 1. The molecule has 136 valence electrons. The van der Waals surface area contributed by atoms with Crippen molar-refractivity contribution in [1.82, 2.24) is 0 Å². The van der Waals surface area contributed by atoms with Crippen molar-refractivity contribution < 1.29 is 19.3 Å². The minimum Gasteiger partial charge on any atom is -0.504 e. The van der Waals surface area contributed by atoms with Crippen molar-refractivity contribution in [3.63, 3.8) is 0 Å². The molecular weight excluding hydrogens is 304 g/mol. The van der Waals surface area contributed by atoms with E-state index in [9.17, 15) is 5.11 Å². The highest BCUT2D eigenvalue weighted by Gasteiger charge is 2.37. The Morgan fingerprint density at radius 3 is 2.46 bits per heavy atom. The summed E-state index contributed by atoms with van der Waals surface area (Å²) in [5, 5.41) is 9.84. The predicted molar refractivity (Wildman–Crippen MR) is 95.4 cm³/mol. The minimum atomic E-state index is -0.146. The van der Waals surface area contributed by atoms with E-state index in [0.717, 1.165) is 31.2 Å². The Hall–Kier alpha value is -1.26. The van der Waals surface area contributed by atoms with Crippen molar-refractivity contribution in [2.75, 3.05) is 7.11 Å². The molecule has 24 heavy (non-hydrogen) atoms. The summed E-state index contributed by atoms with van der Waals surface area (Å²) < 4.78 is 17.8. The lowest BCUT2D eigenvalue weighted by Gasteiger charge is -2.41. The van der Waals surface area contributed by atoms with Crippen LogP contribution in [0.15, 0.2) is 18.2 Å².